The zero-order chi connectivity index (χ0) is 17.6. The molecule has 1 aromatic carbocycles. The van der Waals surface area contributed by atoms with E-state index >= 15 is 0 Å². The van der Waals surface area contributed by atoms with Crippen LogP contribution in [-0.4, -0.2) is 40.1 Å². The van der Waals surface area contributed by atoms with Gasteiger partial charge in [0.15, 0.2) is 5.82 Å². The van der Waals surface area contributed by atoms with Crippen molar-refractivity contribution in [3.8, 4) is 0 Å². The number of nitrogens with two attached hydrogens (primary N) is 1. The third-order valence-electron chi connectivity index (χ3n) is 4.71. The molecule has 1 fully saturated rings. The molecule has 1 saturated heterocycles. The lowest BCUT2D eigenvalue weighted by atomic mass is 9.95. The molecule has 2 N–H and O–H groups in total. The van der Waals surface area contributed by atoms with Crippen molar-refractivity contribution in [2.75, 3.05) is 13.1 Å². The second-order valence-corrected chi connectivity index (χ2v) is 6.69. The van der Waals surface area contributed by atoms with Crippen LogP contribution in [0.5, 0.6) is 0 Å². The molecule has 2 heterocycles. The van der Waals surface area contributed by atoms with Crippen molar-refractivity contribution >= 4 is 5.91 Å². The lowest BCUT2D eigenvalue weighted by Gasteiger charge is -2.16. The molecule has 0 saturated carbocycles. The smallest absolute Gasteiger partial charge is 0.226 e. The van der Waals surface area contributed by atoms with Crippen LogP contribution in [0, 0.1) is 0 Å². The van der Waals surface area contributed by atoms with E-state index in [0.717, 1.165) is 18.7 Å². The fraction of sp³-hybridized carbons (Fsp3) is 0.526. The zero-order valence-electron chi connectivity index (χ0n) is 14.7. The van der Waals surface area contributed by atoms with E-state index in [1.807, 2.05) is 23.1 Å². The molecule has 0 unspecified atom stereocenters. The van der Waals surface area contributed by atoms with Gasteiger partial charge in [-0.2, -0.15) is 4.98 Å². The number of rotatable bonds is 7. The Morgan fingerprint density at radius 1 is 1.28 bits per heavy atom. The Labute approximate surface area is 148 Å². The van der Waals surface area contributed by atoms with Crippen molar-refractivity contribution in [1.29, 1.82) is 0 Å². The van der Waals surface area contributed by atoms with Crippen LogP contribution in [0.4, 0.5) is 0 Å². The third-order valence-corrected chi connectivity index (χ3v) is 4.71. The number of hydrogen-bond acceptors (Lipinski definition) is 5. The first-order valence-corrected chi connectivity index (χ1v) is 9.07. The Hall–Kier alpha value is -2.21. The highest BCUT2D eigenvalue weighted by atomic mass is 16.5. The van der Waals surface area contributed by atoms with Crippen molar-refractivity contribution in [3.05, 3.63) is 47.6 Å². The maximum absolute atomic E-state index is 12.5. The predicted octanol–water partition coefficient (Wildman–Crippen LogP) is 2.30. The van der Waals surface area contributed by atoms with E-state index in [0.29, 0.717) is 38.2 Å². The minimum Gasteiger partial charge on any atom is -0.340 e. The Bertz CT molecular complexity index is 686. The largest absolute Gasteiger partial charge is 0.340 e. The molecule has 6 nitrogen and oxygen atoms in total. The molecule has 0 bridgehead atoms. The average molecular weight is 342 g/mol. The summed E-state index contributed by atoms with van der Waals surface area (Å²) in [5.41, 5.74) is 7.47. The molecule has 0 spiro atoms. The van der Waals surface area contributed by atoms with Gasteiger partial charge >= 0.3 is 0 Å². The minimum absolute atomic E-state index is 0.00103. The molecule has 6 heteroatoms. The van der Waals surface area contributed by atoms with E-state index in [-0.39, 0.29) is 17.9 Å². The fourth-order valence-electron chi connectivity index (χ4n) is 3.35. The molecule has 2 aromatic rings. The van der Waals surface area contributed by atoms with Crippen LogP contribution >= 0.6 is 0 Å². The molecule has 1 amide bonds. The number of nitrogens with zero attached hydrogens (tertiary/aromatic N) is 3. The van der Waals surface area contributed by atoms with Gasteiger partial charge in [0.25, 0.3) is 0 Å². The van der Waals surface area contributed by atoms with Crippen LogP contribution in [0.15, 0.2) is 34.9 Å². The van der Waals surface area contributed by atoms with Crippen molar-refractivity contribution in [2.45, 2.75) is 51.0 Å². The predicted molar refractivity (Wildman–Crippen MR) is 95.0 cm³/mol. The van der Waals surface area contributed by atoms with Gasteiger partial charge in [0.05, 0.1) is 0 Å². The molecule has 0 aliphatic carbocycles. The number of amides is 1. The van der Waals surface area contributed by atoms with Gasteiger partial charge in [-0.05, 0) is 18.4 Å². The molecule has 1 aliphatic rings. The summed E-state index contributed by atoms with van der Waals surface area (Å²) >= 11 is 0. The van der Waals surface area contributed by atoms with Gasteiger partial charge in [0, 0.05) is 44.3 Å². The lowest BCUT2D eigenvalue weighted by Crippen LogP contribution is -2.32. The van der Waals surface area contributed by atoms with Crippen LogP contribution in [0.2, 0.25) is 0 Å². The van der Waals surface area contributed by atoms with E-state index in [1.54, 1.807) is 0 Å². The Balaban J connectivity index is 1.47. The maximum Gasteiger partial charge on any atom is 0.226 e. The number of aromatic nitrogens is 2. The molecule has 0 radical (unpaired) electrons. The molecular weight excluding hydrogens is 316 g/mol. The topological polar surface area (TPSA) is 85.2 Å². The van der Waals surface area contributed by atoms with Gasteiger partial charge < -0.3 is 15.2 Å². The minimum atomic E-state index is -0.00103. The summed E-state index contributed by atoms with van der Waals surface area (Å²) < 4.78 is 5.21. The molecule has 1 aromatic heterocycles. The molecule has 1 aliphatic heterocycles. The highest BCUT2D eigenvalue weighted by Crippen LogP contribution is 2.26. The third kappa shape index (κ3) is 4.45. The number of aryl methyl sites for hydroxylation is 2. The summed E-state index contributed by atoms with van der Waals surface area (Å²) in [6.45, 7) is 3.41. The summed E-state index contributed by atoms with van der Waals surface area (Å²) in [5, 5.41) is 3.94. The monoisotopic (exact) mass is 342 g/mol. The highest BCUT2D eigenvalue weighted by Gasteiger charge is 2.33. The summed E-state index contributed by atoms with van der Waals surface area (Å²) in [6, 6.07) is 10.2. The first kappa shape index (κ1) is 17.6. The second-order valence-electron chi connectivity index (χ2n) is 6.69. The van der Waals surface area contributed by atoms with Crippen LogP contribution in [0.1, 0.15) is 49.4 Å². The average Bonchev–Trinajstić information content (AvgIpc) is 3.23. The van der Waals surface area contributed by atoms with Gasteiger partial charge in [0.1, 0.15) is 0 Å². The summed E-state index contributed by atoms with van der Waals surface area (Å²) in [5.74, 6) is 1.75. The van der Waals surface area contributed by atoms with E-state index in [2.05, 4.69) is 29.2 Å². The van der Waals surface area contributed by atoms with Crippen LogP contribution in [-0.2, 0) is 17.6 Å². The van der Waals surface area contributed by atoms with Crippen molar-refractivity contribution in [1.82, 2.24) is 15.0 Å². The Morgan fingerprint density at radius 2 is 2.08 bits per heavy atom. The lowest BCUT2D eigenvalue weighted by molar-refractivity contribution is -0.130. The van der Waals surface area contributed by atoms with Gasteiger partial charge in [-0.3, -0.25) is 4.79 Å². The first-order valence-electron chi connectivity index (χ1n) is 9.07. The summed E-state index contributed by atoms with van der Waals surface area (Å²) in [4.78, 5) is 18.7. The highest BCUT2D eigenvalue weighted by molar-refractivity contribution is 5.76. The maximum atomic E-state index is 12.5. The molecule has 3 rings (SSSR count). The molecule has 25 heavy (non-hydrogen) atoms. The number of hydrogen-bond donors (Lipinski definition) is 1. The zero-order valence-corrected chi connectivity index (χ0v) is 14.7. The van der Waals surface area contributed by atoms with Crippen molar-refractivity contribution in [2.24, 2.45) is 5.73 Å². The van der Waals surface area contributed by atoms with Gasteiger partial charge in [-0.15, -0.1) is 0 Å². The van der Waals surface area contributed by atoms with E-state index in [4.69, 9.17) is 10.3 Å². The second kappa shape index (κ2) is 8.25. The Morgan fingerprint density at radius 3 is 2.84 bits per heavy atom. The quantitative estimate of drug-likeness (QED) is 0.834. The van der Waals surface area contributed by atoms with Crippen LogP contribution < -0.4 is 5.73 Å². The number of carbonyl (C=O) groups is 1. The summed E-state index contributed by atoms with van der Waals surface area (Å²) in [6.07, 6.45) is 3.67. The Kier molecular flexibility index (Phi) is 5.81. The van der Waals surface area contributed by atoms with Crippen molar-refractivity contribution < 1.29 is 9.32 Å². The van der Waals surface area contributed by atoms with E-state index < -0.39 is 0 Å². The van der Waals surface area contributed by atoms with Gasteiger partial charge in [-0.25, -0.2) is 0 Å². The van der Waals surface area contributed by atoms with Crippen molar-refractivity contribution in [3.63, 3.8) is 0 Å². The SMILES string of the molecule is CCCc1noc(CCCC(=O)N2C[C@@H](N)[C@H](c3ccccc3)C2)n1. The fourth-order valence-corrected chi connectivity index (χ4v) is 3.35. The first-order chi connectivity index (χ1) is 12.2. The van der Waals surface area contributed by atoms with E-state index in [1.165, 1.54) is 5.56 Å². The number of likely N-dealkylation sites (tertiary alicyclic amines) is 1. The normalized spacial score (nSPS) is 20.2. The summed E-state index contributed by atoms with van der Waals surface area (Å²) in [7, 11) is 0. The molecular formula is C19H26N4O2. The van der Waals surface area contributed by atoms with E-state index in [9.17, 15) is 4.79 Å². The van der Waals surface area contributed by atoms with Gasteiger partial charge in [0.2, 0.25) is 11.8 Å². The van der Waals surface area contributed by atoms with Gasteiger partial charge in [-0.1, -0.05) is 42.4 Å². The number of carbonyl (C=O) groups excluding carboxylic acids is 1. The van der Waals surface area contributed by atoms with Crippen LogP contribution in [0.3, 0.4) is 0 Å². The molecule has 134 valence electrons. The number of benzene rings is 1. The van der Waals surface area contributed by atoms with Crippen LogP contribution in [0.25, 0.3) is 0 Å². The molecule has 2 atom stereocenters. The standard InChI is InChI=1S/C19H26N4O2/c1-2-7-17-21-18(25-22-17)10-6-11-19(24)23-12-15(16(20)13-23)14-8-4-3-5-9-14/h3-5,8-9,15-16H,2,6-7,10-13,20H2,1H3/t15-,16+/m0/s1.